The molecule has 0 unspecified atom stereocenters. The van der Waals surface area contributed by atoms with Crippen LogP contribution in [0.15, 0.2) is 53.7 Å². The molecule has 0 amide bonds. The van der Waals surface area contributed by atoms with Crippen molar-refractivity contribution in [3.05, 3.63) is 59.0 Å². The van der Waals surface area contributed by atoms with Crippen LogP contribution in [0.3, 0.4) is 0 Å². The highest BCUT2D eigenvalue weighted by Gasteiger charge is 2.15. The number of aryl methyl sites for hydroxylation is 1. The Morgan fingerprint density at radius 1 is 1.03 bits per heavy atom. The summed E-state index contributed by atoms with van der Waals surface area (Å²) in [6.07, 6.45) is 2.91. The minimum absolute atomic E-state index is 0.0853. The number of morpholine rings is 1. The maximum Gasteiger partial charge on any atom is 0.185 e. The maximum atomic E-state index is 8.72. The molecule has 1 fully saturated rings. The van der Waals surface area contributed by atoms with Crippen LogP contribution in [0.5, 0.6) is 11.5 Å². The van der Waals surface area contributed by atoms with Gasteiger partial charge >= 0.3 is 0 Å². The summed E-state index contributed by atoms with van der Waals surface area (Å²) in [5.74, 6) is 1.72. The number of nitrogens with zero attached hydrogens (tertiary/aromatic N) is 4. The highest BCUT2D eigenvalue weighted by molar-refractivity contribution is 7.16. The Morgan fingerprint density at radius 3 is 2.26 bits per heavy atom. The van der Waals surface area contributed by atoms with Crippen LogP contribution in [0.1, 0.15) is 29.7 Å². The lowest BCUT2D eigenvalue weighted by Gasteiger charge is -2.28. The molecule has 0 atom stereocenters. The van der Waals surface area contributed by atoms with Crippen LogP contribution in [0.4, 0.5) is 5.13 Å². The Bertz CT molecular complexity index is 1180. The highest BCUT2D eigenvalue weighted by atomic mass is 32.1. The van der Waals surface area contributed by atoms with Crippen molar-refractivity contribution >= 4 is 22.3 Å². The standard InChI is InChI=1S/C29H39N5O4S/c1-22-27(31-29(39-22)33(2)14-15-34-16-20-36-21-17-34)23-6-10-25(11-7-23)37-18-4-3-5-19-38-26-12-8-24(9-13-26)28(30)32-35/h6-13,35H,3-5,14-21H2,1-2H3,(H2,30,32). The first-order chi connectivity index (χ1) is 19.0. The van der Waals surface area contributed by atoms with Crippen LogP contribution < -0.4 is 20.1 Å². The first kappa shape index (κ1) is 28.7. The molecule has 1 saturated heterocycles. The van der Waals surface area contributed by atoms with Crippen LogP contribution in [-0.4, -0.2) is 80.6 Å². The molecule has 2 aromatic carbocycles. The first-order valence-electron chi connectivity index (χ1n) is 13.5. The van der Waals surface area contributed by atoms with E-state index in [1.807, 2.05) is 24.3 Å². The smallest absolute Gasteiger partial charge is 0.185 e. The van der Waals surface area contributed by atoms with Gasteiger partial charge in [0.05, 0.1) is 32.1 Å². The van der Waals surface area contributed by atoms with Gasteiger partial charge in [0.2, 0.25) is 0 Å². The minimum atomic E-state index is 0.0853. The SMILES string of the molecule is Cc1sc(N(C)CCN2CCOCC2)nc1-c1ccc(OCCCCCOc2ccc(/C(N)=N/O)cc2)cc1. The molecule has 210 valence electrons. The summed E-state index contributed by atoms with van der Waals surface area (Å²) in [5.41, 5.74) is 8.38. The number of amidine groups is 1. The van der Waals surface area contributed by atoms with Crippen LogP contribution >= 0.6 is 11.3 Å². The molecule has 3 N–H and O–H groups in total. The Morgan fingerprint density at radius 2 is 1.64 bits per heavy atom. The van der Waals surface area contributed by atoms with E-state index in [1.54, 1.807) is 23.5 Å². The zero-order valence-corrected chi connectivity index (χ0v) is 23.7. The number of rotatable bonds is 14. The second-order valence-corrected chi connectivity index (χ2v) is 10.8. The van der Waals surface area contributed by atoms with Gasteiger partial charge in [0.25, 0.3) is 0 Å². The topological polar surface area (TPSA) is 106 Å². The number of oxime groups is 1. The second kappa shape index (κ2) is 14.7. The van der Waals surface area contributed by atoms with Crippen molar-refractivity contribution in [2.45, 2.75) is 26.2 Å². The van der Waals surface area contributed by atoms with Crippen molar-refractivity contribution in [2.24, 2.45) is 10.9 Å². The number of likely N-dealkylation sites (N-methyl/N-ethyl adjacent to an activating group) is 1. The van der Waals surface area contributed by atoms with E-state index in [2.05, 4.69) is 41.1 Å². The number of anilines is 1. The summed E-state index contributed by atoms with van der Waals surface area (Å²) in [5, 5.41) is 12.8. The molecule has 4 rings (SSSR count). The minimum Gasteiger partial charge on any atom is -0.494 e. The Balaban J connectivity index is 1.14. The largest absolute Gasteiger partial charge is 0.494 e. The summed E-state index contributed by atoms with van der Waals surface area (Å²) >= 11 is 1.74. The molecular formula is C29H39N5O4S. The van der Waals surface area contributed by atoms with E-state index in [0.717, 1.165) is 86.5 Å². The van der Waals surface area contributed by atoms with Crippen molar-refractivity contribution in [1.82, 2.24) is 9.88 Å². The molecule has 0 radical (unpaired) electrons. The number of benzene rings is 2. The number of nitrogens with two attached hydrogens (primary N) is 1. The molecule has 0 saturated carbocycles. The van der Waals surface area contributed by atoms with E-state index in [1.165, 1.54) is 4.88 Å². The van der Waals surface area contributed by atoms with Crippen molar-refractivity contribution in [3.63, 3.8) is 0 Å². The second-order valence-electron chi connectivity index (χ2n) is 9.57. The molecule has 9 nitrogen and oxygen atoms in total. The fourth-order valence-corrected chi connectivity index (χ4v) is 5.19. The van der Waals surface area contributed by atoms with Crippen LogP contribution in [0, 0.1) is 6.92 Å². The van der Waals surface area contributed by atoms with E-state index in [4.69, 9.17) is 30.1 Å². The van der Waals surface area contributed by atoms with Gasteiger partial charge < -0.3 is 30.1 Å². The predicted molar refractivity (Wildman–Crippen MR) is 157 cm³/mol. The van der Waals surface area contributed by atoms with Gasteiger partial charge in [-0.3, -0.25) is 4.90 Å². The summed E-state index contributed by atoms with van der Waals surface area (Å²) in [6, 6.07) is 15.4. The molecule has 39 heavy (non-hydrogen) atoms. The van der Waals surface area contributed by atoms with Crippen molar-refractivity contribution < 1.29 is 19.4 Å². The third-order valence-electron chi connectivity index (χ3n) is 6.68. The number of aromatic nitrogens is 1. The zero-order valence-electron chi connectivity index (χ0n) is 22.8. The monoisotopic (exact) mass is 553 g/mol. The van der Waals surface area contributed by atoms with Gasteiger partial charge in [-0.1, -0.05) is 5.16 Å². The molecule has 0 aliphatic carbocycles. The van der Waals surface area contributed by atoms with Crippen molar-refractivity contribution in [1.29, 1.82) is 0 Å². The number of hydrogen-bond acceptors (Lipinski definition) is 9. The van der Waals surface area contributed by atoms with Gasteiger partial charge in [-0.05, 0) is 74.7 Å². The van der Waals surface area contributed by atoms with E-state index in [9.17, 15) is 0 Å². The molecular weight excluding hydrogens is 514 g/mol. The lowest BCUT2D eigenvalue weighted by molar-refractivity contribution is 0.0393. The van der Waals surface area contributed by atoms with E-state index in [-0.39, 0.29) is 5.84 Å². The molecule has 10 heteroatoms. The lowest BCUT2D eigenvalue weighted by atomic mass is 10.1. The predicted octanol–water partition coefficient (Wildman–Crippen LogP) is 4.61. The van der Waals surface area contributed by atoms with E-state index < -0.39 is 0 Å². The van der Waals surface area contributed by atoms with Crippen LogP contribution in [0.25, 0.3) is 11.3 Å². The fraction of sp³-hybridized carbons (Fsp3) is 0.448. The fourth-order valence-electron chi connectivity index (χ4n) is 4.28. The molecule has 3 aromatic rings. The van der Waals surface area contributed by atoms with E-state index >= 15 is 0 Å². The third kappa shape index (κ3) is 8.58. The summed E-state index contributed by atoms with van der Waals surface area (Å²) in [4.78, 5) is 10.9. The average Bonchev–Trinajstić information content (AvgIpc) is 3.37. The first-order valence-corrected chi connectivity index (χ1v) is 14.3. The van der Waals surface area contributed by atoms with Gasteiger partial charge in [0.1, 0.15) is 11.5 Å². The molecule has 0 bridgehead atoms. The Labute approximate surface area is 234 Å². The average molecular weight is 554 g/mol. The maximum absolute atomic E-state index is 8.72. The molecule has 1 aliphatic rings. The molecule has 2 heterocycles. The zero-order chi connectivity index (χ0) is 27.5. The van der Waals surface area contributed by atoms with Gasteiger partial charge in [-0.15, -0.1) is 11.3 Å². The van der Waals surface area contributed by atoms with Gasteiger partial charge in [-0.25, -0.2) is 4.98 Å². The number of hydrogen-bond donors (Lipinski definition) is 2. The highest BCUT2D eigenvalue weighted by Crippen LogP contribution is 2.32. The van der Waals surface area contributed by atoms with Gasteiger partial charge in [0.15, 0.2) is 11.0 Å². The molecule has 1 aliphatic heterocycles. The summed E-state index contributed by atoms with van der Waals surface area (Å²) < 4.78 is 17.2. The third-order valence-corrected chi connectivity index (χ3v) is 7.76. The number of unbranched alkanes of at least 4 members (excludes halogenated alkanes) is 2. The normalized spacial score (nSPS) is 14.4. The Hall–Kier alpha value is -3.34. The van der Waals surface area contributed by atoms with Crippen LogP contribution in [-0.2, 0) is 4.74 Å². The summed E-state index contributed by atoms with van der Waals surface area (Å²) in [7, 11) is 2.12. The van der Waals surface area contributed by atoms with Crippen molar-refractivity contribution in [3.8, 4) is 22.8 Å². The Kier molecular flexibility index (Phi) is 10.8. The van der Waals surface area contributed by atoms with Crippen LogP contribution in [0.2, 0.25) is 0 Å². The van der Waals surface area contributed by atoms with E-state index in [0.29, 0.717) is 18.8 Å². The number of ether oxygens (including phenoxy) is 3. The van der Waals surface area contributed by atoms with Gasteiger partial charge in [0, 0.05) is 49.2 Å². The van der Waals surface area contributed by atoms with Crippen molar-refractivity contribution in [2.75, 3.05) is 64.6 Å². The number of thiazole rings is 1. The lowest BCUT2D eigenvalue weighted by Crippen LogP contribution is -2.40. The molecule has 0 spiro atoms. The molecule has 1 aromatic heterocycles. The van der Waals surface area contributed by atoms with Gasteiger partial charge in [-0.2, -0.15) is 0 Å². The quantitative estimate of drug-likeness (QED) is 0.0981. The summed E-state index contributed by atoms with van der Waals surface area (Å²) in [6.45, 7) is 9.09.